The minimum absolute atomic E-state index is 0.550. The first kappa shape index (κ1) is 14.9. The van der Waals surface area contributed by atoms with Gasteiger partial charge in [-0.05, 0) is 31.8 Å². The van der Waals surface area contributed by atoms with Crippen LogP contribution < -0.4 is 5.32 Å². The highest BCUT2D eigenvalue weighted by Gasteiger charge is 2.24. The van der Waals surface area contributed by atoms with Crippen LogP contribution in [0.15, 0.2) is 0 Å². The summed E-state index contributed by atoms with van der Waals surface area (Å²) in [7, 11) is 1.81. The molecule has 0 spiro atoms. The molecule has 1 heterocycles. The fraction of sp³-hybridized carbons (Fsp3) is 1.00. The second-order valence-corrected chi connectivity index (χ2v) is 5.50. The van der Waals surface area contributed by atoms with Crippen molar-refractivity contribution in [2.45, 2.75) is 52.1 Å². The molecular formula is C14H30N2O. The Morgan fingerprint density at radius 2 is 2.12 bits per heavy atom. The van der Waals surface area contributed by atoms with Crippen LogP contribution in [0.1, 0.15) is 40.0 Å². The van der Waals surface area contributed by atoms with Gasteiger partial charge in [0, 0.05) is 25.7 Å². The quantitative estimate of drug-likeness (QED) is 0.740. The molecule has 1 N–H and O–H groups in total. The van der Waals surface area contributed by atoms with E-state index in [2.05, 4.69) is 31.0 Å². The van der Waals surface area contributed by atoms with E-state index in [4.69, 9.17) is 4.74 Å². The van der Waals surface area contributed by atoms with Crippen molar-refractivity contribution in [2.75, 3.05) is 33.4 Å². The van der Waals surface area contributed by atoms with Gasteiger partial charge in [-0.2, -0.15) is 0 Å². The minimum atomic E-state index is 0.550. The molecule has 3 nitrogen and oxygen atoms in total. The van der Waals surface area contributed by atoms with E-state index < -0.39 is 0 Å². The van der Waals surface area contributed by atoms with Crippen LogP contribution in [0.5, 0.6) is 0 Å². The lowest BCUT2D eigenvalue weighted by molar-refractivity contribution is 0.0590. The van der Waals surface area contributed by atoms with Gasteiger partial charge < -0.3 is 10.1 Å². The minimum Gasteiger partial charge on any atom is -0.383 e. The average molecular weight is 242 g/mol. The second-order valence-electron chi connectivity index (χ2n) is 5.50. The molecule has 0 bridgehead atoms. The molecule has 0 saturated carbocycles. The number of hydrogen-bond donors (Lipinski definition) is 1. The molecule has 2 unspecified atom stereocenters. The smallest absolute Gasteiger partial charge is 0.0620 e. The Kier molecular flexibility index (Phi) is 7.09. The van der Waals surface area contributed by atoms with Crippen LogP contribution in [0.3, 0.4) is 0 Å². The molecule has 1 aliphatic rings. The van der Waals surface area contributed by atoms with Crippen molar-refractivity contribution in [3.8, 4) is 0 Å². The summed E-state index contributed by atoms with van der Waals surface area (Å²) < 4.78 is 5.38. The number of likely N-dealkylation sites (N-methyl/N-ethyl adjacent to an activating group) is 1. The monoisotopic (exact) mass is 242 g/mol. The predicted molar refractivity (Wildman–Crippen MR) is 73.4 cm³/mol. The Balaban J connectivity index is 2.48. The van der Waals surface area contributed by atoms with Crippen LogP contribution in [0.4, 0.5) is 0 Å². The van der Waals surface area contributed by atoms with Gasteiger partial charge in [0.05, 0.1) is 6.61 Å². The number of ether oxygens (including phenoxy) is 1. The van der Waals surface area contributed by atoms with Gasteiger partial charge >= 0.3 is 0 Å². The molecule has 0 aromatic heterocycles. The highest BCUT2D eigenvalue weighted by molar-refractivity contribution is 4.81. The number of nitrogens with one attached hydrogen (secondary N) is 1. The molecule has 1 fully saturated rings. The van der Waals surface area contributed by atoms with E-state index in [1.54, 1.807) is 0 Å². The zero-order valence-electron chi connectivity index (χ0n) is 12.0. The van der Waals surface area contributed by atoms with E-state index in [1.807, 2.05) is 7.11 Å². The van der Waals surface area contributed by atoms with E-state index in [0.717, 1.165) is 13.2 Å². The van der Waals surface area contributed by atoms with Gasteiger partial charge in [-0.15, -0.1) is 0 Å². The number of nitrogens with zero attached hydrogens (tertiary/aromatic N) is 1. The molecule has 1 aliphatic heterocycles. The molecule has 0 aromatic rings. The Hall–Kier alpha value is -0.120. The highest BCUT2D eigenvalue weighted by Crippen LogP contribution is 2.15. The van der Waals surface area contributed by atoms with Crippen molar-refractivity contribution in [1.29, 1.82) is 0 Å². The molecule has 2 atom stereocenters. The first-order valence-corrected chi connectivity index (χ1v) is 7.15. The number of piperidine rings is 1. The number of hydrogen-bond acceptors (Lipinski definition) is 3. The summed E-state index contributed by atoms with van der Waals surface area (Å²) in [6.07, 6.45) is 4.05. The summed E-state index contributed by atoms with van der Waals surface area (Å²) in [5, 5.41) is 3.64. The van der Waals surface area contributed by atoms with Crippen LogP contribution in [-0.4, -0.2) is 50.3 Å². The van der Waals surface area contributed by atoms with Gasteiger partial charge in [-0.25, -0.2) is 0 Å². The Bertz CT molecular complexity index is 191. The Labute approximate surface area is 107 Å². The van der Waals surface area contributed by atoms with Gasteiger partial charge in [0.2, 0.25) is 0 Å². The van der Waals surface area contributed by atoms with Crippen LogP contribution in [-0.2, 0) is 4.74 Å². The predicted octanol–water partition coefficient (Wildman–Crippen LogP) is 2.12. The zero-order chi connectivity index (χ0) is 12.7. The summed E-state index contributed by atoms with van der Waals surface area (Å²) in [5.74, 6) is 0.651. The Morgan fingerprint density at radius 3 is 2.59 bits per heavy atom. The van der Waals surface area contributed by atoms with Gasteiger partial charge in [0.15, 0.2) is 0 Å². The van der Waals surface area contributed by atoms with E-state index in [1.165, 1.54) is 32.4 Å². The van der Waals surface area contributed by atoms with Gasteiger partial charge in [-0.1, -0.05) is 27.2 Å². The Morgan fingerprint density at radius 1 is 1.35 bits per heavy atom. The van der Waals surface area contributed by atoms with Crippen molar-refractivity contribution in [3.63, 3.8) is 0 Å². The van der Waals surface area contributed by atoms with Crippen molar-refractivity contribution >= 4 is 0 Å². The fourth-order valence-corrected chi connectivity index (χ4v) is 2.75. The molecule has 1 rings (SSSR count). The number of rotatable bonds is 7. The summed E-state index contributed by atoms with van der Waals surface area (Å²) in [4.78, 5) is 2.58. The molecule has 0 radical (unpaired) electrons. The third kappa shape index (κ3) is 4.94. The lowest BCUT2D eigenvalue weighted by Crippen LogP contribution is -2.50. The normalized spacial score (nSPS) is 23.3. The maximum Gasteiger partial charge on any atom is 0.0620 e. The van der Waals surface area contributed by atoms with Crippen molar-refractivity contribution in [3.05, 3.63) is 0 Å². The maximum absolute atomic E-state index is 5.38. The third-order valence-electron chi connectivity index (χ3n) is 3.85. The molecule has 102 valence electrons. The summed E-state index contributed by atoms with van der Waals surface area (Å²) in [6.45, 7) is 11.2. The molecular weight excluding hydrogens is 212 g/mol. The lowest BCUT2D eigenvalue weighted by Gasteiger charge is -2.37. The van der Waals surface area contributed by atoms with Gasteiger partial charge in [0.25, 0.3) is 0 Å². The largest absolute Gasteiger partial charge is 0.383 e. The second kappa shape index (κ2) is 8.06. The maximum atomic E-state index is 5.38. The number of methoxy groups -OCH3 is 1. The van der Waals surface area contributed by atoms with E-state index in [9.17, 15) is 0 Å². The molecule has 0 aromatic carbocycles. The molecule has 0 aliphatic carbocycles. The van der Waals surface area contributed by atoms with E-state index >= 15 is 0 Å². The lowest BCUT2D eigenvalue weighted by atomic mass is 10.00. The van der Waals surface area contributed by atoms with E-state index in [0.29, 0.717) is 18.0 Å². The first-order chi connectivity index (χ1) is 8.19. The highest BCUT2D eigenvalue weighted by atomic mass is 16.5. The average Bonchev–Trinajstić information content (AvgIpc) is 2.34. The summed E-state index contributed by atoms with van der Waals surface area (Å²) >= 11 is 0. The van der Waals surface area contributed by atoms with Crippen LogP contribution in [0.25, 0.3) is 0 Å². The van der Waals surface area contributed by atoms with Gasteiger partial charge in [-0.3, -0.25) is 4.90 Å². The van der Waals surface area contributed by atoms with Crippen molar-refractivity contribution < 1.29 is 4.74 Å². The summed E-state index contributed by atoms with van der Waals surface area (Å²) in [6, 6.07) is 1.23. The SMILES string of the molecule is CCN(CC1CCCCN1)C(COC)C(C)C. The van der Waals surface area contributed by atoms with Crippen LogP contribution in [0.2, 0.25) is 0 Å². The molecule has 0 amide bonds. The van der Waals surface area contributed by atoms with Crippen molar-refractivity contribution in [2.24, 2.45) is 5.92 Å². The first-order valence-electron chi connectivity index (χ1n) is 7.15. The van der Waals surface area contributed by atoms with Crippen LogP contribution in [0, 0.1) is 5.92 Å². The summed E-state index contributed by atoms with van der Waals surface area (Å²) in [5.41, 5.74) is 0. The molecule has 17 heavy (non-hydrogen) atoms. The van der Waals surface area contributed by atoms with E-state index in [-0.39, 0.29) is 0 Å². The van der Waals surface area contributed by atoms with Crippen LogP contribution >= 0.6 is 0 Å². The standard InChI is InChI=1S/C14H30N2O/c1-5-16(14(11-17-4)12(2)3)10-13-8-6-7-9-15-13/h12-15H,5-11H2,1-4H3. The molecule has 1 saturated heterocycles. The topological polar surface area (TPSA) is 24.5 Å². The molecule has 3 heteroatoms. The fourth-order valence-electron chi connectivity index (χ4n) is 2.75. The van der Waals surface area contributed by atoms with Gasteiger partial charge in [0.1, 0.15) is 0 Å². The zero-order valence-corrected chi connectivity index (χ0v) is 12.0. The van der Waals surface area contributed by atoms with Crippen molar-refractivity contribution in [1.82, 2.24) is 10.2 Å². The third-order valence-corrected chi connectivity index (χ3v) is 3.85.